The van der Waals surface area contributed by atoms with Crippen molar-refractivity contribution in [2.75, 3.05) is 6.54 Å². The predicted octanol–water partition coefficient (Wildman–Crippen LogP) is 5.55. The van der Waals surface area contributed by atoms with Crippen molar-refractivity contribution in [3.8, 4) is 0 Å². The summed E-state index contributed by atoms with van der Waals surface area (Å²) in [6.07, 6.45) is -2.19. The topological polar surface area (TPSA) is 38.3 Å². The van der Waals surface area contributed by atoms with Crippen LogP contribution in [0.25, 0.3) is 6.08 Å². The number of hydrogen-bond donors (Lipinski definition) is 1. The van der Waals surface area contributed by atoms with Gasteiger partial charge in [-0.3, -0.25) is 0 Å². The van der Waals surface area contributed by atoms with E-state index in [-0.39, 0.29) is 22.2 Å². The van der Waals surface area contributed by atoms with Crippen LogP contribution in [0.5, 0.6) is 0 Å². The first-order valence-electron chi connectivity index (χ1n) is 6.60. The number of benzene rings is 1. The molecule has 1 aromatic rings. The summed E-state index contributed by atoms with van der Waals surface area (Å²) in [6.45, 7) is 5.29. The molecule has 0 aliphatic carbocycles. The van der Waals surface area contributed by atoms with Gasteiger partial charge >= 0.3 is 12.3 Å². The van der Waals surface area contributed by atoms with Crippen LogP contribution in [-0.4, -0.2) is 18.2 Å². The number of carbonyl (C=O) groups is 1. The average molecular weight is 370 g/mol. The molecule has 1 amide bonds. The Morgan fingerprint density at radius 2 is 1.74 bits per heavy atom. The number of alkyl halides is 3. The van der Waals surface area contributed by atoms with Crippen LogP contribution in [0.15, 0.2) is 18.2 Å². The highest BCUT2D eigenvalue weighted by Crippen LogP contribution is 2.36. The Morgan fingerprint density at radius 1 is 1.22 bits per heavy atom. The molecular formula is C15H16Cl2F3NO2. The number of halogens is 5. The molecule has 0 aliphatic heterocycles. The minimum absolute atomic E-state index is 0.114. The quantitative estimate of drug-likeness (QED) is 0.758. The summed E-state index contributed by atoms with van der Waals surface area (Å²) in [4.78, 5) is 11.4. The molecule has 0 aromatic heterocycles. The zero-order valence-electron chi connectivity index (χ0n) is 12.7. The number of carbonyl (C=O) groups excluding carboxylic acids is 1. The molecule has 0 atom stereocenters. The van der Waals surface area contributed by atoms with Gasteiger partial charge in [0.2, 0.25) is 0 Å². The van der Waals surface area contributed by atoms with Gasteiger partial charge in [0.15, 0.2) is 0 Å². The molecule has 0 saturated heterocycles. The van der Waals surface area contributed by atoms with E-state index in [0.29, 0.717) is 0 Å². The van der Waals surface area contributed by atoms with E-state index < -0.39 is 23.4 Å². The van der Waals surface area contributed by atoms with Gasteiger partial charge in [-0.25, -0.2) is 4.79 Å². The molecule has 0 spiro atoms. The Kier molecular flexibility index (Phi) is 6.36. The third-order valence-corrected chi connectivity index (χ3v) is 3.08. The number of nitrogens with one attached hydrogen (secondary N) is 1. The lowest BCUT2D eigenvalue weighted by Crippen LogP contribution is -2.32. The van der Waals surface area contributed by atoms with Gasteiger partial charge in [-0.2, -0.15) is 13.2 Å². The zero-order chi connectivity index (χ0) is 17.8. The normalized spacial score (nSPS) is 12.5. The average Bonchev–Trinajstić information content (AvgIpc) is 2.33. The van der Waals surface area contributed by atoms with E-state index in [1.807, 2.05) is 0 Å². The third kappa shape index (κ3) is 6.71. The monoisotopic (exact) mass is 369 g/mol. The van der Waals surface area contributed by atoms with Crippen molar-refractivity contribution in [3.63, 3.8) is 0 Å². The number of alkyl carbamates (subject to hydrolysis) is 1. The minimum Gasteiger partial charge on any atom is -0.444 e. The maximum absolute atomic E-state index is 12.6. The van der Waals surface area contributed by atoms with E-state index in [1.165, 1.54) is 12.2 Å². The highest BCUT2D eigenvalue weighted by atomic mass is 35.5. The van der Waals surface area contributed by atoms with Crippen molar-refractivity contribution in [3.05, 3.63) is 39.4 Å². The van der Waals surface area contributed by atoms with Crippen molar-refractivity contribution in [1.29, 1.82) is 0 Å². The van der Waals surface area contributed by atoms with Gasteiger partial charge in [0, 0.05) is 22.2 Å². The van der Waals surface area contributed by atoms with Crippen LogP contribution in [0.4, 0.5) is 18.0 Å². The second-order valence-corrected chi connectivity index (χ2v) is 6.45. The SMILES string of the molecule is CC(C)(C)OC(=O)NCC=Cc1c(Cl)cc(C(F)(F)F)cc1Cl. The summed E-state index contributed by atoms with van der Waals surface area (Å²) in [7, 11) is 0. The molecule has 0 aliphatic rings. The minimum atomic E-state index is -4.52. The molecule has 128 valence electrons. The molecule has 0 heterocycles. The lowest BCUT2D eigenvalue weighted by Gasteiger charge is -2.19. The van der Waals surface area contributed by atoms with Crippen LogP contribution in [0.1, 0.15) is 31.9 Å². The van der Waals surface area contributed by atoms with Crippen LogP contribution in [0.2, 0.25) is 10.0 Å². The molecule has 8 heteroatoms. The largest absolute Gasteiger partial charge is 0.444 e. The van der Waals surface area contributed by atoms with Crippen molar-refractivity contribution in [2.24, 2.45) is 0 Å². The molecule has 0 unspecified atom stereocenters. The van der Waals surface area contributed by atoms with Gasteiger partial charge in [-0.15, -0.1) is 0 Å². The summed E-state index contributed by atoms with van der Waals surface area (Å²) in [6, 6.07) is 1.60. The number of hydrogen-bond acceptors (Lipinski definition) is 2. The molecule has 3 nitrogen and oxygen atoms in total. The highest BCUT2D eigenvalue weighted by Gasteiger charge is 2.31. The molecule has 0 saturated carbocycles. The highest BCUT2D eigenvalue weighted by molar-refractivity contribution is 6.37. The Morgan fingerprint density at radius 3 is 2.17 bits per heavy atom. The second-order valence-electron chi connectivity index (χ2n) is 5.64. The van der Waals surface area contributed by atoms with Crippen molar-refractivity contribution >= 4 is 35.4 Å². The van der Waals surface area contributed by atoms with E-state index in [0.717, 1.165) is 12.1 Å². The van der Waals surface area contributed by atoms with Crippen LogP contribution in [0, 0.1) is 0 Å². The fraction of sp³-hybridized carbons (Fsp3) is 0.400. The van der Waals surface area contributed by atoms with Crippen LogP contribution >= 0.6 is 23.2 Å². The van der Waals surface area contributed by atoms with Crippen molar-refractivity contribution in [1.82, 2.24) is 5.32 Å². The summed E-state index contributed by atoms with van der Waals surface area (Å²) < 4.78 is 42.9. The molecule has 1 aromatic carbocycles. The smallest absolute Gasteiger partial charge is 0.416 e. The molecule has 1 rings (SSSR count). The number of amides is 1. The van der Waals surface area contributed by atoms with Gasteiger partial charge in [-0.05, 0) is 32.9 Å². The Balaban J connectivity index is 2.73. The fourth-order valence-electron chi connectivity index (χ4n) is 1.54. The Labute approximate surface area is 142 Å². The maximum atomic E-state index is 12.6. The Hall–Kier alpha value is -1.40. The summed E-state index contributed by atoms with van der Waals surface area (Å²) in [5.41, 5.74) is -1.29. The van der Waals surface area contributed by atoms with Crippen molar-refractivity contribution in [2.45, 2.75) is 32.5 Å². The lowest BCUT2D eigenvalue weighted by molar-refractivity contribution is -0.137. The van der Waals surface area contributed by atoms with E-state index >= 15 is 0 Å². The molecule has 23 heavy (non-hydrogen) atoms. The third-order valence-electron chi connectivity index (χ3n) is 2.45. The molecular weight excluding hydrogens is 354 g/mol. The molecule has 1 N–H and O–H groups in total. The Bertz CT molecular complexity index is 585. The summed E-state index contributed by atoms with van der Waals surface area (Å²) in [5.74, 6) is 0. The number of ether oxygens (including phenoxy) is 1. The molecule has 0 radical (unpaired) electrons. The van der Waals surface area contributed by atoms with Crippen LogP contribution in [-0.2, 0) is 10.9 Å². The van der Waals surface area contributed by atoms with E-state index in [1.54, 1.807) is 20.8 Å². The summed E-state index contributed by atoms with van der Waals surface area (Å²) >= 11 is 11.6. The number of rotatable bonds is 3. The van der Waals surface area contributed by atoms with E-state index in [2.05, 4.69) is 5.32 Å². The summed E-state index contributed by atoms with van der Waals surface area (Å²) in [5, 5.41) is 2.22. The van der Waals surface area contributed by atoms with Crippen LogP contribution in [0.3, 0.4) is 0 Å². The second kappa shape index (κ2) is 7.45. The van der Waals surface area contributed by atoms with Gasteiger partial charge in [0.1, 0.15) is 5.60 Å². The van der Waals surface area contributed by atoms with Gasteiger partial charge in [-0.1, -0.05) is 35.4 Å². The standard InChI is InChI=1S/C15H16Cl2F3NO2/c1-14(2,3)23-13(22)21-6-4-5-10-11(16)7-9(8-12(10)17)15(18,19)20/h4-5,7-8H,6H2,1-3H3,(H,21,22). The molecule has 0 fully saturated rings. The molecule has 0 bridgehead atoms. The van der Waals surface area contributed by atoms with Crippen LogP contribution < -0.4 is 5.32 Å². The fourth-order valence-corrected chi connectivity index (χ4v) is 2.15. The maximum Gasteiger partial charge on any atom is 0.416 e. The zero-order valence-corrected chi connectivity index (χ0v) is 14.2. The lowest BCUT2D eigenvalue weighted by atomic mass is 10.1. The van der Waals surface area contributed by atoms with E-state index in [9.17, 15) is 18.0 Å². The van der Waals surface area contributed by atoms with Gasteiger partial charge in [0.25, 0.3) is 0 Å². The first-order chi connectivity index (χ1) is 10.4. The van der Waals surface area contributed by atoms with Crippen molar-refractivity contribution < 1.29 is 22.7 Å². The first-order valence-corrected chi connectivity index (χ1v) is 7.35. The van der Waals surface area contributed by atoms with E-state index in [4.69, 9.17) is 27.9 Å². The van der Waals surface area contributed by atoms with Gasteiger partial charge < -0.3 is 10.1 Å². The first kappa shape index (κ1) is 19.6. The van der Waals surface area contributed by atoms with Gasteiger partial charge in [0.05, 0.1) is 5.56 Å². The predicted molar refractivity (Wildman–Crippen MR) is 84.7 cm³/mol.